The standard InChI is InChI=1S/C20H21ClN4O/c1-14(2)19-17(13-24-25(19)18-8-3-4-10-22-18)20(26)23-11-9-15-6-5-7-16(21)12-15/h3-8,10,12-14H,9,11H2,1-2H3,(H,23,26). The number of amides is 1. The van der Waals surface area contributed by atoms with Gasteiger partial charge < -0.3 is 5.32 Å². The van der Waals surface area contributed by atoms with Gasteiger partial charge in [0.25, 0.3) is 5.91 Å². The highest BCUT2D eigenvalue weighted by Gasteiger charge is 2.21. The van der Waals surface area contributed by atoms with Crippen molar-refractivity contribution >= 4 is 17.5 Å². The van der Waals surface area contributed by atoms with E-state index in [0.29, 0.717) is 22.9 Å². The summed E-state index contributed by atoms with van der Waals surface area (Å²) in [5.74, 6) is 0.709. The molecule has 0 radical (unpaired) electrons. The van der Waals surface area contributed by atoms with E-state index in [1.165, 1.54) is 0 Å². The third kappa shape index (κ3) is 4.11. The molecule has 5 nitrogen and oxygen atoms in total. The van der Waals surface area contributed by atoms with Crippen LogP contribution in [0.4, 0.5) is 0 Å². The van der Waals surface area contributed by atoms with E-state index in [1.807, 2.05) is 56.3 Å². The van der Waals surface area contributed by atoms with Crippen LogP contribution in [-0.2, 0) is 6.42 Å². The summed E-state index contributed by atoms with van der Waals surface area (Å²) in [6.45, 7) is 4.61. The Hall–Kier alpha value is -2.66. The summed E-state index contributed by atoms with van der Waals surface area (Å²) in [4.78, 5) is 17.0. The lowest BCUT2D eigenvalue weighted by atomic mass is 10.1. The molecule has 0 unspecified atom stereocenters. The predicted octanol–water partition coefficient (Wildman–Crippen LogP) is 4.02. The number of hydrogen-bond acceptors (Lipinski definition) is 3. The minimum atomic E-state index is -0.127. The molecule has 0 bridgehead atoms. The van der Waals surface area contributed by atoms with Crippen molar-refractivity contribution in [2.45, 2.75) is 26.2 Å². The summed E-state index contributed by atoms with van der Waals surface area (Å²) in [5, 5.41) is 8.06. The second-order valence-electron chi connectivity index (χ2n) is 6.33. The number of carbonyl (C=O) groups is 1. The van der Waals surface area contributed by atoms with Gasteiger partial charge >= 0.3 is 0 Å². The van der Waals surface area contributed by atoms with Gasteiger partial charge in [0.2, 0.25) is 0 Å². The third-order valence-corrected chi connectivity index (χ3v) is 4.29. The van der Waals surface area contributed by atoms with Crippen LogP contribution >= 0.6 is 11.6 Å². The predicted molar refractivity (Wildman–Crippen MR) is 103 cm³/mol. The number of nitrogens with zero attached hydrogens (tertiary/aromatic N) is 3. The number of carbonyl (C=O) groups excluding carboxylic acids is 1. The van der Waals surface area contributed by atoms with Crippen molar-refractivity contribution in [3.63, 3.8) is 0 Å². The molecule has 0 aliphatic carbocycles. The van der Waals surface area contributed by atoms with Crippen molar-refractivity contribution < 1.29 is 4.79 Å². The molecule has 1 amide bonds. The molecular formula is C20H21ClN4O. The third-order valence-electron chi connectivity index (χ3n) is 4.05. The molecule has 0 atom stereocenters. The van der Waals surface area contributed by atoms with E-state index in [4.69, 9.17) is 11.6 Å². The van der Waals surface area contributed by atoms with Crippen LogP contribution < -0.4 is 5.32 Å². The molecule has 1 N–H and O–H groups in total. The van der Waals surface area contributed by atoms with Crippen LogP contribution in [-0.4, -0.2) is 27.2 Å². The van der Waals surface area contributed by atoms with Crippen molar-refractivity contribution in [2.24, 2.45) is 0 Å². The first-order valence-corrected chi connectivity index (χ1v) is 8.96. The number of benzene rings is 1. The normalized spacial score (nSPS) is 10.9. The van der Waals surface area contributed by atoms with Crippen molar-refractivity contribution in [1.29, 1.82) is 0 Å². The molecule has 2 aromatic heterocycles. The monoisotopic (exact) mass is 368 g/mol. The number of rotatable bonds is 6. The van der Waals surface area contributed by atoms with Gasteiger partial charge in [-0.1, -0.05) is 43.6 Å². The average molecular weight is 369 g/mol. The highest BCUT2D eigenvalue weighted by Crippen LogP contribution is 2.22. The number of aromatic nitrogens is 3. The van der Waals surface area contributed by atoms with Crippen LogP contribution in [0.1, 0.15) is 41.4 Å². The summed E-state index contributed by atoms with van der Waals surface area (Å²) in [6, 6.07) is 13.3. The fraction of sp³-hybridized carbons (Fsp3) is 0.250. The second kappa shape index (κ2) is 8.15. The average Bonchev–Trinajstić information content (AvgIpc) is 3.08. The highest BCUT2D eigenvalue weighted by atomic mass is 35.5. The van der Waals surface area contributed by atoms with Gasteiger partial charge in [-0.25, -0.2) is 9.67 Å². The summed E-state index contributed by atoms with van der Waals surface area (Å²) < 4.78 is 1.73. The number of nitrogens with one attached hydrogen (secondary N) is 1. The Morgan fingerprint density at radius 2 is 2.08 bits per heavy atom. The van der Waals surface area contributed by atoms with E-state index in [9.17, 15) is 4.79 Å². The Kier molecular flexibility index (Phi) is 5.68. The molecule has 0 aliphatic rings. The highest BCUT2D eigenvalue weighted by molar-refractivity contribution is 6.30. The fourth-order valence-electron chi connectivity index (χ4n) is 2.86. The Labute approximate surface area is 158 Å². The van der Waals surface area contributed by atoms with Gasteiger partial charge in [-0.2, -0.15) is 5.10 Å². The lowest BCUT2D eigenvalue weighted by molar-refractivity contribution is 0.0953. The molecule has 3 rings (SSSR count). The second-order valence-corrected chi connectivity index (χ2v) is 6.77. The lowest BCUT2D eigenvalue weighted by Gasteiger charge is -2.12. The van der Waals surface area contributed by atoms with Gasteiger partial charge in [-0.3, -0.25) is 4.79 Å². The first-order chi connectivity index (χ1) is 12.6. The van der Waals surface area contributed by atoms with Crippen LogP contribution in [0.15, 0.2) is 54.9 Å². The fourth-order valence-corrected chi connectivity index (χ4v) is 3.07. The van der Waals surface area contributed by atoms with Gasteiger partial charge in [0.15, 0.2) is 5.82 Å². The zero-order chi connectivity index (χ0) is 18.5. The molecule has 2 heterocycles. The van der Waals surface area contributed by atoms with Gasteiger partial charge in [0.05, 0.1) is 17.5 Å². The molecule has 1 aromatic carbocycles. The van der Waals surface area contributed by atoms with E-state index in [1.54, 1.807) is 17.1 Å². The van der Waals surface area contributed by atoms with E-state index in [-0.39, 0.29) is 11.8 Å². The molecule has 3 aromatic rings. The topological polar surface area (TPSA) is 59.8 Å². The smallest absolute Gasteiger partial charge is 0.254 e. The SMILES string of the molecule is CC(C)c1c(C(=O)NCCc2cccc(Cl)c2)cnn1-c1ccccn1. The number of halogens is 1. The van der Waals surface area contributed by atoms with Gasteiger partial charge in [0.1, 0.15) is 0 Å². The Bertz CT molecular complexity index is 890. The van der Waals surface area contributed by atoms with Crippen LogP contribution in [0.5, 0.6) is 0 Å². The van der Waals surface area contributed by atoms with Crippen LogP contribution in [0.3, 0.4) is 0 Å². The summed E-state index contributed by atoms with van der Waals surface area (Å²) in [5.41, 5.74) is 2.52. The zero-order valence-electron chi connectivity index (χ0n) is 14.8. The van der Waals surface area contributed by atoms with Crippen molar-refractivity contribution in [1.82, 2.24) is 20.1 Å². The maximum Gasteiger partial charge on any atom is 0.254 e. The maximum absolute atomic E-state index is 12.7. The van der Waals surface area contributed by atoms with E-state index < -0.39 is 0 Å². The molecular weight excluding hydrogens is 348 g/mol. The molecule has 0 aliphatic heterocycles. The van der Waals surface area contributed by atoms with Crippen molar-refractivity contribution in [2.75, 3.05) is 6.54 Å². The molecule has 6 heteroatoms. The molecule has 26 heavy (non-hydrogen) atoms. The minimum Gasteiger partial charge on any atom is -0.352 e. The van der Waals surface area contributed by atoms with E-state index in [0.717, 1.165) is 17.7 Å². The largest absolute Gasteiger partial charge is 0.352 e. The minimum absolute atomic E-state index is 0.127. The summed E-state index contributed by atoms with van der Waals surface area (Å²) in [6.07, 6.45) is 4.04. The van der Waals surface area contributed by atoms with Crippen molar-refractivity contribution in [3.05, 3.63) is 76.7 Å². The molecule has 0 fully saturated rings. The Morgan fingerprint density at radius 1 is 1.23 bits per heavy atom. The first-order valence-electron chi connectivity index (χ1n) is 8.58. The Balaban J connectivity index is 1.74. The van der Waals surface area contributed by atoms with Gasteiger partial charge in [-0.05, 0) is 42.2 Å². The van der Waals surface area contributed by atoms with Crippen LogP contribution in [0, 0.1) is 0 Å². The lowest BCUT2D eigenvalue weighted by Crippen LogP contribution is -2.26. The molecule has 0 saturated carbocycles. The van der Waals surface area contributed by atoms with Crippen LogP contribution in [0.2, 0.25) is 5.02 Å². The van der Waals surface area contributed by atoms with E-state index in [2.05, 4.69) is 15.4 Å². The van der Waals surface area contributed by atoms with Gasteiger partial charge in [0, 0.05) is 17.8 Å². The zero-order valence-corrected chi connectivity index (χ0v) is 15.6. The number of hydrogen-bond donors (Lipinski definition) is 1. The van der Waals surface area contributed by atoms with Crippen molar-refractivity contribution in [3.8, 4) is 5.82 Å². The summed E-state index contributed by atoms with van der Waals surface area (Å²) >= 11 is 5.99. The molecule has 134 valence electrons. The Morgan fingerprint density at radius 3 is 2.77 bits per heavy atom. The van der Waals surface area contributed by atoms with E-state index >= 15 is 0 Å². The van der Waals surface area contributed by atoms with Crippen LogP contribution in [0.25, 0.3) is 5.82 Å². The number of pyridine rings is 1. The first kappa shape index (κ1) is 18.1. The maximum atomic E-state index is 12.7. The molecule has 0 saturated heterocycles. The summed E-state index contributed by atoms with van der Waals surface area (Å²) in [7, 11) is 0. The molecule has 0 spiro atoms. The quantitative estimate of drug-likeness (QED) is 0.715. The van der Waals surface area contributed by atoms with Gasteiger partial charge in [-0.15, -0.1) is 0 Å².